The fourth-order valence-corrected chi connectivity index (χ4v) is 1.93. The highest BCUT2D eigenvalue weighted by Crippen LogP contribution is 2.25. The van der Waals surface area contributed by atoms with E-state index >= 15 is 0 Å². The molecule has 0 saturated carbocycles. The minimum Gasteiger partial charge on any atom is -0.421 e. The van der Waals surface area contributed by atoms with E-state index in [0.717, 1.165) is 0 Å². The molecule has 0 fully saturated rings. The molecule has 2 rings (SSSR count). The minimum atomic E-state index is -0.660. The van der Waals surface area contributed by atoms with Crippen molar-refractivity contribution in [3.05, 3.63) is 45.3 Å². The minimum absolute atomic E-state index is 0.268. The third-order valence-corrected chi connectivity index (χ3v) is 3.16. The van der Waals surface area contributed by atoms with Crippen molar-refractivity contribution in [2.24, 2.45) is 0 Å². The lowest BCUT2D eigenvalue weighted by Crippen LogP contribution is -2.09. The number of fused-ring (bicyclic) bond motifs is 1. The van der Waals surface area contributed by atoms with Crippen molar-refractivity contribution in [3.63, 3.8) is 0 Å². The fourth-order valence-electron chi connectivity index (χ4n) is 1.39. The molecule has 5 heteroatoms. The maximum Gasteiger partial charge on any atom is 0.341 e. The molecule has 1 aromatic carbocycles. The summed E-state index contributed by atoms with van der Waals surface area (Å²) in [6.45, 7) is 0. The van der Waals surface area contributed by atoms with Crippen molar-refractivity contribution in [1.82, 2.24) is 0 Å². The molecule has 0 aliphatic carbocycles. The maximum atomic E-state index is 11.6. The molecule has 0 radical (unpaired) electrons. The Bertz CT molecular complexity index is 606. The smallest absolute Gasteiger partial charge is 0.341 e. The highest BCUT2D eigenvalue weighted by atomic mass is 79.9. The first-order valence-electron chi connectivity index (χ1n) is 4.45. The first-order valence-corrected chi connectivity index (χ1v) is 5.74. The summed E-state index contributed by atoms with van der Waals surface area (Å²) >= 11 is 8.96. The molecular weight excluding hydrogens is 295 g/mol. The number of hydrogen-bond donors (Lipinski definition) is 0. The van der Waals surface area contributed by atoms with Crippen LogP contribution in [0, 0.1) is 0 Å². The molecule has 1 unspecified atom stereocenters. The summed E-state index contributed by atoms with van der Waals surface area (Å²) in [5, 5.41) is 1.06. The lowest BCUT2D eigenvalue weighted by Gasteiger charge is -2.03. The van der Waals surface area contributed by atoms with E-state index in [-0.39, 0.29) is 5.56 Å². The van der Waals surface area contributed by atoms with E-state index < -0.39 is 10.5 Å². The van der Waals surface area contributed by atoms with Gasteiger partial charge in [-0.2, -0.15) is 0 Å². The normalized spacial score (nSPS) is 12.6. The van der Waals surface area contributed by atoms with E-state index in [9.17, 15) is 9.59 Å². The van der Waals surface area contributed by atoms with Gasteiger partial charge in [-0.1, -0.05) is 39.7 Å². The number of halogens is 2. The third-order valence-electron chi connectivity index (χ3n) is 2.16. The molecule has 1 atom stereocenters. The van der Waals surface area contributed by atoms with Crippen LogP contribution in [0.25, 0.3) is 11.0 Å². The number of hydrogen-bond acceptors (Lipinski definition) is 3. The second kappa shape index (κ2) is 4.39. The van der Waals surface area contributed by atoms with Gasteiger partial charge in [-0.3, -0.25) is 0 Å². The van der Waals surface area contributed by atoms with E-state index in [1.807, 2.05) is 0 Å². The second-order valence-corrected chi connectivity index (χ2v) is 4.58. The van der Waals surface area contributed by atoms with Crippen LogP contribution in [-0.4, -0.2) is 6.29 Å². The monoisotopic (exact) mass is 300 g/mol. The summed E-state index contributed by atoms with van der Waals surface area (Å²) in [4.78, 5) is 21.5. The number of aldehydes is 1. The van der Waals surface area contributed by atoms with Crippen LogP contribution in [0.4, 0.5) is 0 Å². The Kier molecular flexibility index (Phi) is 3.12. The van der Waals surface area contributed by atoms with E-state index in [2.05, 4.69) is 15.9 Å². The summed E-state index contributed by atoms with van der Waals surface area (Å²) in [6.07, 6.45) is 0.628. The van der Waals surface area contributed by atoms with Crippen LogP contribution in [0.1, 0.15) is 10.4 Å². The highest BCUT2D eigenvalue weighted by molar-refractivity contribution is 9.09. The molecular formula is C11H6BrClO3. The summed E-state index contributed by atoms with van der Waals surface area (Å²) in [6, 6.07) is 6.75. The summed E-state index contributed by atoms with van der Waals surface area (Å²) in [5.74, 6) is 0. The molecule has 0 saturated heterocycles. The largest absolute Gasteiger partial charge is 0.421 e. The third kappa shape index (κ3) is 1.90. The Labute approximate surface area is 104 Å². The molecule has 0 N–H and O–H groups in total. The van der Waals surface area contributed by atoms with Crippen molar-refractivity contribution in [1.29, 1.82) is 0 Å². The second-order valence-electron chi connectivity index (χ2n) is 3.19. The molecule has 0 bridgehead atoms. The van der Waals surface area contributed by atoms with Crippen LogP contribution >= 0.6 is 27.5 Å². The predicted molar refractivity (Wildman–Crippen MR) is 65.2 cm³/mol. The van der Waals surface area contributed by atoms with Gasteiger partial charge in [0, 0.05) is 5.39 Å². The van der Waals surface area contributed by atoms with Crippen molar-refractivity contribution >= 4 is 44.8 Å². The molecule has 82 valence electrons. The molecule has 16 heavy (non-hydrogen) atoms. The molecule has 3 nitrogen and oxygen atoms in total. The Hall–Kier alpha value is -1.13. The Morgan fingerprint density at radius 2 is 2.19 bits per heavy atom. The van der Waals surface area contributed by atoms with Crippen LogP contribution in [-0.2, 0) is 4.79 Å². The van der Waals surface area contributed by atoms with E-state index in [0.29, 0.717) is 22.3 Å². The average molecular weight is 302 g/mol. The zero-order chi connectivity index (χ0) is 11.7. The standard InChI is InChI=1S/C11H6BrClO3/c12-8(5-14)7-4-6-2-1-3-9(13)10(6)16-11(7)15/h1-5,8H. The van der Waals surface area contributed by atoms with Crippen LogP contribution in [0.2, 0.25) is 5.02 Å². The van der Waals surface area contributed by atoms with Crippen molar-refractivity contribution in [2.45, 2.75) is 4.83 Å². The lowest BCUT2D eigenvalue weighted by atomic mass is 10.1. The highest BCUT2D eigenvalue weighted by Gasteiger charge is 2.14. The Morgan fingerprint density at radius 3 is 2.88 bits per heavy atom. The number of benzene rings is 1. The van der Waals surface area contributed by atoms with Gasteiger partial charge in [0.1, 0.15) is 11.1 Å². The van der Waals surface area contributed by atoms with Crippen molar-refractivity contribution in [2.75, 3.05) is 0 Å². The van der Waals surface area contributed by atoms with Crippen molar-refractivity contribution in [3.8, 4) is 0 Å². The van der Waals surface area contributed by atoms with E-state index in [4.69, 9.17) is 16.0 Å². The van der Waals surface area contributed by atoms with Crippen LogP contribution in [0.3, 0.4) is 0 Å². The Balaban J connectivity index is 2.77. The van der Waals surface area contributed by atoms with Gasteiger partial charge in [-0.25, -0.2) is 4.79 Å². The predicted octanol–water partition coefficient (Wildman–Crippen LogP) is 3.08. The molecule has 1 aromatic heterocycles. The van der Waals surface area contributed by atoms with Crippen LogP contribution < -0.4 is 5.63 Å². The first-order chi connectivity index (χ1) is 7.63. The van der Waals surface area contributed by atoms with Gasteiger partial charge in [-0.05, 0) is 12.1 Å². The average Bonchev–Trinajstić information content (AvgIpc) is 2.29. The molecule has 0 spiro atoms. The molecule has 0 aliphatic heterocycles. The number of carbonyl (C=O) groups is 1. The molecule has 2 aromatic rings. The number of alkyl halides is 1. The van der Waals surface area contributed by atoms with Crippen LogP contribution in [0.15, 0.2) is 33.5 Å². The van der Waals surface area contributed by atoms with Crippen molar-refractivity contribution < 1.29 is 9.21 Å². The van der Waals surface area contributed by atoms with Gasteiger partial charge in [0.25, 0.3) is 0 Å². The first kappa shape index (κ1) is 11.4. The SMILES string of the molecule is O=CC(Br)c1cc2cccc(Cl)c2oc1=O. The fraction of sp³-hybridized carbons (Fsp3) is 0.0909. The number of para-hydroxylation sites is 1. The number of carbonyl (C=O) groups excluding carboxylic acids is 1. The van der Waals surface area contributed by atoms with Gasteiger partial charge < -0.3 is 9.21 Å². The zero-order valence-corrected chi connectivity index (χ0v) is 10.3. The molecule has 0 amide bonds. The van der Waals surface area contributed by atoms with Gasteiger partial charge in [-0.15, -0.1) is 0 Å². The van der Waals surface area contributed by atoms with Gasteiger partial charge in [0.15, 0.2) is 5.58 Å². The quantitative estimate of drug-likeness (QED) is 0.486. The van der Waals surface area contributed by atoms with Gasteiger partial charge in [0.05, 0.1) is 10.6 Å². The maximum absolute atomic E-state index is 11.6. The zero-order valence-electron chi connectivity index (χ0n) is 7.94. The number of rotatable bonds is 2. The van der Waals surface area contributed by atoms with E-state index in [1.54, 1.807) is 24.3 Å². The summed E-state index contributed by atoms with van der Waals surface area (Å²) < 4.78 is 5.07. The topological polar surface area (TPSA) is 47.3 Å². The van der Waals surface area contributed by atoms with E-state index in [1.165, 1.54) is 0 Å². The molecule has 1 heterocycles. The summed E-state index contributed by atoms with van der Waals surface area (Å²) in [5.41, 5.74) is 0.0443. The summed E-state index contributed by atoms with van der Waals surface area (Å²) in [7, 11) is 0. The van der Waals surface area contributed by atoms with Crippen LogP contribution in [0.5, 0.6) is 0 Å². The van der Waals surface area contributed by atoms with Gasteiger partial charge in [0.2, 0.25) is 0 Å². The Morgan fingerprint density at radius 1 is 1.44 bits per heavy atom. The molecule has 0 aliphatic rings. The lowest BCUT2D eigenvalue weighted by molar-refractivity contribution is -0.107. The van der Waals surface area contributed by atoms with Gasteiger partial charge >= 0.3 is 5.63 Å².